The Morgan fingerprint density at radius 1 is 0.312 bits per heavy atom. The molecule has 0 amide bonds. The predicted molar refractivity (Wildman–Crippen MR) is 344 cm³/mol. The van der Waals surface area contributed by atoms with Crippen LogP contribution in [0.1, 0.15) is 52.7 Å². The van der Waals surface area contributed by atoms with E-state index in [9.17, 15) is 0 Å². The van der Waals surface area contributed by atoms with Crippen molar-refractivity contribution in [1.82, 2.24) is 0 Å². The van der Waals surface area contributed by atoms with Crippen molar-refractivity contribution in [3.8, 4) is 22.3 Å². The molecular weight excluding hydrogens is 1010 g/mol. The van der Waals surface area contributed by atoms with Crippen LogP contribution < -0.4 is 9.80 Å². The molecule has 0 spiro atoms. The van der Waals surface area contributed by atoms with E-state index >= 15 is 0 Å². The van der Waals surface area contributed by atoms with Crippen LogP contribution in [0.3, 0.4) is 0 Å². The third-order valence-electron chi connectivity index (χ3n) is 16.3. The van der Waals surface area contributed by atoms with E-state index in [1.165, 1.54) is 53.6 Å². The molecule has 80 heavy (non-hydrogen) atoms. The van der Waals surface area contributed by atoms with E-state index in [-0.39, 0.29) is 10.8 Å². The van der Waals surface area contributed by atoms with Crippen LogP contribution in [0, 0.1) is 0 Å². The van der Waals surface area contributed by atoms with Crippen molar-refractivity contribution in [3.63, 3.8) is 0 Å². The van der Waals surface area contributed by atoms with Gasteiger partial charge in [-0.2, -0.15) is 0 Å². The Balaban J connectivity index is 0.838. The molecule has 0 unspecified atom stereocenters. The zero-order chi connectivity index (χ0) is 54.0. The van der Waals surface area contributed by atoms with Gasteiger partial charge >= 0.3 is 0 Å². The van der Waals surface area contributed by atoms with Crippen LogP contribution in [0.15, 0.2) is 238 Å². The van der Waals surface area contributed by atoms with Crippen molar-refractivity contribution in [2.24, 2.45) is 0 Å². The van der Waals surface area contributed by atoms with Crippen LogP contribution in [0.5, 0.6) is 0 Å². The molecule has 0 fully saturated rings. The fourth-order valence-corrected chi connectivity index (χ4v) is 13.7. The zero-order valence-electron chi connectivity index (χ0n) is 45.5. The number of hydrogen-bond donors (Lipinski definition) is 0. The van der Waals surface area contributed by atoms with Crippen LogP contribution in [0.4, 0.5) is 34.1 Å². The van der Waals surface area contributed by atoms with E-state index in [1.807, 2.05) is 0 Å². The molecule has 0 aliphatic carbocycles. The first-order chi connectivity index (χ1) is 38.9. The minimum Gasteiger partial charge on any atom is -0.456 e. The van der Waals surface area contributed by atoms with Crippen molar-refractivity contribution in [3.05, 3.63) is 240 Å². The van der Waals surface area contributed by atoms with Crippen molar-refractivity contribution in [2.75, 3.05) is 9.80 Å². The third kappa shape index (κ3) is 8.07. The molecule has 6 heteroatoms. The monoisotopic (exact) mass is 1070 g/mol. The van der Waals surface area contributed by atoms with Crippen LogP contribution in [-0.2, 0) is 10.8 Å². The summed E-state index contributed by atoms with van der Waals surface area (Å²) >= 11 is 3.57. The van der Waals surface area contributed by atoms with Gasteiger partial charge < -0.3 is 18.6 Å². The van der Waals surface area contributed by atoms with Crippen LogP contribution in [-0.4, -0.2) is 0 Å². The molecule has 4 nitrogen and oxygen atoms in total. The van der Waals surface area contributed by atoms with Crippen molar-refractivity contribution < 1.29 is 8.83 Å². The highest BCUT2D eigenvalue weighted by molar-refractivity contribution is 7.17. The van der Waals surface area contributed by atoms with E-state index in [0.717, 1.165) is 99.5 Å². The lowest BCUT2D eigenvalue weighted by molar-refractivity contribution is 0.590. The molecular formula is C74H56N2O2S2. The van der Waals surface area contributed by atoms with Crippen molar-refractivity contribution in [1.29, 1.82) is 0 Å². The maximum atomic E-state index is 6.81. The molecule has 15 rings (SSSR count). The summed E-state index contributed by atoms with van der Waals surface area (Å²) in [4.78, 5) is 4.85. The smallest absolute Gasteiger partial charge is 0.139 e. The van der Waals surface area contributed by atoms with Crippen LogP contribution in [0.2, 0.25) is 0 Å². The Morgan fingerprint density at radius 2 is 0.700 bits per heavy atom. The van der Waals surface area contributed by atoms with Crippen molar-refractivity contribution >= 4 is 142 Å². The number of rotatable bonds is 8. The van der Waals surface area contributed by atoms with Gasteiger partial charge in [-0.3, -0.25) is 0 Å². The van der Waals surface area contributed by atoms with E-state index < -0.39 is 0 Å². The zero-order valence-corrected chi connectivity index (χ0v) is 47.1. The Bertz CT molecular complexity index is 4590. The number of benzene rings is 11. The molecule has 386 valence electrons. The molecule has 0 saturated carbocycles. The first-order valence-electron chi connectivity index (χ1n) is 27.5. The van der Waals surface area contributed by atoms with Crippen molar-refractivity contribution in [2.45, 2.75) is 52.4 Å². The van der Waals surface area contributed by atoms with Gasteiger partial charge in [-0.25, -0.2) is 0 Å². The van der Waals surface area contributed by atoms with Gasteiger partial charge in [0.15, 0.2) is 0 Å². The largest absolute Gasteiger partial charge is 0.456 e. The predicted octanol–water partition coefficient (Wildman–Crippen LogP) is 23.1. The number of nitrogens with zero attached hydrogens (tertiary/aromatic N) is 2. The van der Waals surface area contributed by atoms with Crippen LogP contribution >= 0.6 is 22.7 Å². The summed E-state index contributed by atoms with van der Waals surface area (Å²) in [6.45, 7) is 13.6. The van der Waals surface area contributed by atoms with Gasteiger partial charge in [-0.15, -0.1) is 22.7 Å². The standard InChI is InChI=1S/C74H56N2O2S2/c1-73(2,3)51-19-25-53(26-20-51)75(63-29-31-69-57(33-35-79-69)71(63)45-13-9-7-10-14-45)55-23-17-47-39-59-61-43-62-60-40-48-18-24-56(38-50(48)42-66(60)78-68(62)44-67(61)77-65(59)41-49(47)37-55)76(54-27-21-52(22-28-54)74(4,5)6)64-30-32-70-58(34-36-80-70)72(64)46-15-11-8-12-16-46/h7-44H,1-6H3. The summed E-state index contributed by atoms with van der Waals surface area (Å²) in [7, 11) is 0. The molecule has 11 aromatic carbocycles. The molecule has 0 bridgehead atoms. The van der Waals surface area contributed by atoms with Gasteiger partial charge in [0.1, 0.15) is 22.3 Å². The first kappa shape index (κ1) is 48.2. The highest BCUT2D eigenvalue weighted by atomic mass is 32.1. The second-order valence-electron chi connectivity index (χ2n) is 23.4. The van der Waals surface area contributed by atoms with Gasteiger partial charge in [-0.05, 0) is 181 Å². The number of thiophene rings is 2. The fourth-order valence-electron chi connectivity index (χ4n) is 12.1. The summed E-state index contributed by atoms with van der Waals surface area (Å²) in [5, 5.41) is 15.7. The average Bonchev–Trinajstić information content (AvgIpc) is 4.33. The highest BCUT2D eigenvalue weighted by Gasteiger charge is 2.25. The van der Waals surface area contributed by atoms with Gasteiger partial charge in [-0.1, -0.05) is 139 Å². The molecule has 0 N–H and O–H groups in total. The maximum absolute atomic E-state index is 6.81. The molecule has 15 aromatic rings. The Labute approximate surface area is 473 Å². The second kappa shape index (κ2) is 18.3. The number of hydrogen-bond acceptors (Lipinski definition) is 6. The Kier molecular flexibility index (Phi) is 11.0. The molecule has 0 atom stereocenters. The second-order valence-corrected chi connectivity index (χ2v) is 25.3. The lowest BCUT2D eigenvalue weighted by Gasteiger charge is -2.29. The topological polar surface area (TPSA) is 32.8 Å². The molecule has 4 aromatic heterocycles. The quantitative estimate of drug-likeness (QED) is 0.152. The van der Waals surface area contributed by atoms with E-state index in [2.05, 4.69) is 280 Å². The number of anilines is 6. The fraction of sp³-hybridized carbons (Fsp3) is 0.108. The summed E-state index contributed by atoms with van der Waals surface area (Å²) in [5.41, 5.74) is 17.4. The van der Waals surface area contributed by atoms with Gasteiger partial charge in [0.05, 0.1) is 11.4 Å². The number of furan rings is 2. The molecule has 0 aliphatic heterocycles. The lowest BCUT2D eigenvalue weighted by atomic mass is 9.87. The van der Waals surface area contributed by atoms with E-state index in [0.29, 0.717) is 0 Å². The lowest BCUT2D eigenvalue weighted by Crippen LogP contribution is -2.14. The number of fused-ring (bicyclic) bond motifs is 10. The third-order valence-corrected chi connectivity index (χ3v) is 18.0. The molecule has 0 radical (unpaired) electrons. The SMILES string of the molecule is CC(C)(C)c1ccc(N(c2ccc3cc4c(cc3c2)oc2cc3oc5cc6cc(N(c7ccc(C(C)(C)C)cc7)c7ccc8sccc8c7-c7ccccc7)ccc6cc5c3cc24)c2ccc3sccc3c2-c2ccccc2)cc1. The van der Waals surface area contributed by atoms with Gasteiger partial charge in [0.25, 0.3) is 0 Å². The molecule has 4 heterocycles. The summed E-state index contributed by atoms with van der Waals surface area (Å²) < 4.78 is 16.2. The normalized spacial score (nSPS) is 12.4. The summed E-state index contributed by atoms with van der Waals surface area (Å²) in [6.07, 6.45) is 0. The first-order valence-corrected chi connectivity index (χ1v) is 29.3. The minimum atomic E-state index is 0.0304. The molecule has 0 saturated heterocycles. The van der Waals surface area contributed by atoms with E-state index in [4.69, 9.17) is 8.83 Å². The summed E-state index contributed by atoms with van der Waals surface area (Å²) in [6, 6.07) is 80.6. The molecule has 0 aliphatic rings. The van der Waals surface area contributed by atoms with Crippen LogP contribution in [0.25, 0.3) is 108 Å². The highest BCUT2D eigenvalue weighted by Crippen LogP contribution is 2.49. The minimum absolute atomic E-state index is 0.0304. The Hall–Kier alpha value is -8.94. The maximum Gasteiger partial charge on any atom is 0.139 e. The Morgan fingerprint density at radius 3 is 1.11 bits per heavy atom. The summed E-state index contributed by atoms with van der Waals surface area (Å²) in [5.74, 6) is 0. The van der Waals surface area contributed by atoms with Gasteiger partial charge in [0.2, 0.25) is 0 Å². The van der Waals surface area contributed by atoms with E-state index in [1.54, 1.807) is 22.7 Å². The average molecular weight is 1070 g/mol. The van der Waals surface area contributed by atoms with Gasteiger partial charge in [0, 0.05) is 81.7 Å².